The molecule has 0 spiro atoms. The maximum absolute atomic E-state index is 12.3. The number of amides is 1. The molecule has 0 unspecified atom stereocenters. The number of rotatable bonds is 4. The first-order valence-corrected chi connectivity index (χ1v) is 8.60. The van der Waals surface area contributed by atoms with Gasteiger partial charge in [0.05, 0.1) is 24.9 Å². The predicted octanol–water partition coefficient (Wildman–Crippen LogP) is 4.09. The van der Waals surface area contributed by atoms with Gasteiger partial charge in [0.25, 0.3) is 5.91 Å². The van der Waals surface area contributed by atoms with Crippen molar-refractivity contribution < 1.29 is 14.3 Å². The van der Waals surface area contributed by atoms with Crippen molar-refractivity contribution in [1.82, 2.24) is 5.32 Å². The number of benzene rings is 2. The molecule has 5 nitrogen and oxygen atoms in total. The van der Waals surface area contributed by atoms with E-state index >= 15 is 0 Å². The van der Waals surface area contributed by atoms with Crippen molar-refractivity contribution in [1.29, 1.82) is 0 Å². The van der Waals surface area contributed by atoms with Crippen molar-refractivity contribution in [2.75, 3.05) is 19.5 Å². The molecule has 0 radical (unpaired) electrons. The van der Waals surface area contributed by atoms with E-state index in [1.54, 1.807) is 30.3 Å². The molecule has 0 fully saturated rings. The van der Waals surface area contributed by atoms with Gasteiger partial charge in [-0.25, -0.2) is 0 Å². The highest BCUT2D eigenvalue weighted by atomic mass is 127. The first kappa shape index (κ1) is 18.8. The highest BCUT2D eigenvalue weighted by Crippen LogP contribution is 2.24. The monoisotopic (exact) mass is 476 g/mol. The number of hydrogen-bond donors (Lipinski definition) is 2. The Balaban J connectivity index is 2.10. The van der Waals surface area contributed by atoms with Gasteiger partial charge in [0.15, 0.2) is 5.11 Å². The van der Waals surface area contributed by atoms with Crippen LogP contribution < -0.4 is 20.1 Å². The van der Waals surface area contributed by atoms with Crippen LogP contribution in [-0.2, 0) is 0 Å². The molecule has 0 aliphatic rings. The van der Waals surface area contributed by atoms with Crippen LogP contribution in [0.2, 0.25) is 5.02 Å². The van der Waals surface area contributed by atoms with Crippen LogP contribution in [0.15, 0.2) is 36.4 Å². The fourth-order valence-corrected chi connectivity index (χ4v) is 2.96. The van der Waals surface area contributed by atoms with Crippen LogP contribution in [0.1, 0.15) is 10.4 Å². The van der Waals surface area contributed by atoms with Crippen LogP contribution in [0.3, 0.4) is 0 Å². The van der Waals surface area contributed by atoms with Gasteiger partial charge in [0.2, 0.25) is 0 Å². The summed E-state index contributed by atoms with van der Waals surface area (Å²) in [5.41, 5.74) is 0.981. The van der Waals surface area contributed by atoms with Gasteiger partial charge in [0.1, 0.15) is 11.5 Å². The van der Waals surface area contributed by atoms with E-state index < -0.39 is 0 Å². The van der Waals surface area contributed by atoms with Crippen LogP contribution in [-0.4, -0.2) is 25.2 Å². The summed E-state index contributed by atoms with van der Waals surface area (Å²) in [6.45, 7) is 0. The number of nitrogens with one attached hydrogen (secondary N) is 2. The number of anilines is 1. The average Bonchev–Trinajstić information content (AvgIpc) is 2.56. The van der Waals surface area contributed by atoms with E-state index in [1.165, 1.54) is 14.2 Å². The summed E-state index contributed by atoms with van der Waals surface area (Å²) < 4.78 is 11.3. The Hall–Kier alpha value is -1.58. The van der Waals surface area contributed by atoms with Crippen molar-refractivity contribution in [3.63, 3.8) is 0 Å². The molecule has 2 aromatic rings. The lowest BCUT2D eigenvalue weighted by molar-refractivity contribution is 0.0977. The Kier molecular flexibility index (Phi) is 6.64. The zero-order chi connectivity index (χ0) is 17.7. The van der Waals surface area contributed by atoms with Crippen molar-refractivity contribution in [3.8, 4) is 11.5 Å². The maximum atomic E-state index is 12.3. The summed E-state index contributed by atoms with van der Waals surface area (Å²) in [6.07, 6.45) is 0. The highest BCUT2D eigenvalue weighted by Gasteiger charge is 2.12. The van der Waals surface area contributed by atoms with Crippen molar-refractivity contribution in [3.05, 3.63) is 50.6 Å². The van der Waals surface area contributed by atoms with Gasteiger partial charge in [-0.2, -0.15) is 0 Å². The fraction of sp³-hybridized carbons (Fsp3) is 0.125. The Labute approximate surface area is 163 Å². The third kappa shape index (κ3) is 4.96. The van der Waals surface area contributed by atoms with E-state index in [0.717, 1.165) is 3.57 Å². The SMILES string of the molecule is COc1cc(OC)cc(C(=O)NC(=S)Nc2ccc(I)cc2Cl)c1. The smallest absolute Gasteiger partial charge is 0.257 e. The van der Waals surface area contributed by atoms with E-state index in [-0.39, 0.29) is 11.0 Å². The first-order chi connectivity index (χ1) is 11.4. The van der Waals surface area contributed by atoms with Gasteiger partial charge in [0, 0.05) is 15.2 Å². The molecule has 24 heavy (non-hydrogen) atoms. The van der Waals surface area contributed by atoms with Gasteiger partial charge < -0.3 is 14.8 Å². The molecule has 0 aliphatic carbocycles. The lowest BCUT2D eigenvalue weighted by Gasteiger charge is -2.12. The van der Waals surface area contributed by atoms with E-state index in [1.807, 2.05) is 6.07 Å². The van der Waals surface area contributed by atoms with Gasteiger partial charge >= 0.3 is 0 Å². The Morgan fingerprint density at radius 3 is 2.29 bits per heavy atom. The molecule has 8 heteroatoms. The standard InChI is InChI=1S/C16H14ClIN2O3S/c1-22-11-5-9(6-12(8-11)23-2)15(21)20-16(24)19-14-4-3-10(18)7-13(14)17/h3-8H,1-2H3,(H2,19,20,21,24). The molecule has 0 saturated heterocycles. The van der Waals surface area contributed by atoms with E-state index in [2.05, 4.69) is 33.2 Å². The number of thiocarbonyl (C=S) groups is 1. The Morgan fingerprint density at radius 1 is 1.12 bits per heavy atom. The Morgan fingerprint density at radius 2 is 1.75 bits per heavy atom. The summed E-state index contributed by atoms with van der Waals surface area (Å²) in [4.78, 5) is 12.3. The van der Waals surface area contributed by atoms with E-state index in [9.17, 15) is 4.79 Å². The van der Waals surface area contributed by atoms with Crippen molar-refractivity contribution in [2.45, 2.75) is 0 Å². The molecular weight excluding hydrogens is 463 g/mol. The lowest BCUT2D eigenvalue weighted by atomic mass is 10.2. The molecule has 1 amide bonds. The van der Waals surface area contributed by atoms with Crippen molar-refractivity contribution in [2.24, 2.45) is 0 Å². The molecule has 0 bridgehead atoms. The first-order valence-electron chi connectivity index (χ1n) is 6.73. The number of halogens is 2. The number of carbonyl (C=O) groups is 1. The minimum Gasteiger partial charge on any atom is -0.497 e. The van der Waals surface area contributed by atoms with Crippen LogP contribution >= 0.6 is 46.4 Å². The molecule has 2 aromatic carbocycles. The van der Waals surface area contributed by atoms with E-state index in [0.29, 0.717) is 27.8 Å². The van der Waals surface area contributed by atoms with Crippen LogP contribution in [0.4, 0.5) is 5.69 Å². The highest BCUT2D eigenvalue weighted by molar-refractivity contribution is 14.1. The minimum absolute atomic E-state index is 0.143. The number of ether oxygens (including phenoxy) is 2. The third-order valence-corrected chi connectivity index (χ3v) is 4.21. The zero-order valence-electron chi connectivity index (χ0n) is 12.9. The van der Waals surface area contributed by atoms with E-state index in [4.69, 9.17) is 33.3 Å². The quantitative estimate of drug-likeness (QED) is 0.514. The van der Waals surface area contributed by atoms with Gasteiger partial charge in [-0.15, -0.1) is 0 Å². The molecule has 0 aliphatic heterocycles. The summed E-state index contributed by atoms with van der Waals surface area (Å²) in [5.74, 6) is 0.643. The molecule has 0 heterocycles. The molecule has 126 valence electrons. The molecule has 0 aromatic heterocycles. The number of hydrogen-bond acceptors (Lipinski definition) is 4. The average molecular weight is 477 g/mol. The number of carbonyl (C=O) groups excluding carboxylic acids is 1. The van der Waals surface area contributed by atoms with Gasteiger partial charge in [-0.3, -0.25) is 10.1 Å². The second-order valence-electron chi connectivity index (χ2n) is 4.63. The minimum atomic E-state index is -0.383. The summed E-state index contributed by atoms with van der Waals surface area (Å²) in [5, 5.41) is 6.15. The predicted molar refractivity (Wildman–Crippen MR) is 107 cm³/mol. The van der Waals surface area contributed by atoms with Crippen molar-refractivity contribution >= 4 is 63.1 Å². The normalized spacial score (nSPS) is 10.0. The molecule has 2 rings (SSSR count). The summed E-state index contributed by atoms with van der Waals surface area (Å²) in [6, 6.07) is 10.3. The Bertz CT molecular complexity index is 764. The van der Waals surface area contributed by atoms with Crippen LogP contribution in [0.5, 0.6) is 11.5 Å². The maximum Gasteiger partial charge on any atom is 0.257 e. The topological polar surface area (TPSA) is 59.6 Å². The van der Waals surface area contributed by atoms with Crippen LogP contribution in [0, 0.1) is 3.57 Å². The molecule has 0 saturated carbocycles. The zero-order valence-corrected chi connectivity index (χ0v) is 16.6. The lowest BCUT2D eigenvalue weighted by Crippen LogP contribution is -2.34. The van der Waals surface area contributed by atoms with Crippen LogP contribution in [0.25, 0.3) is 0 Å². The fourth-order valence-electron chi connectivity index (χ4n) is 1.86. The van der Waals surface area contributed by atoms with Gasteiger partial charge in [-0.05, 0) is 65.1 Å². The second kappa shape index (κ2) is 8.50. The molecule has 2 N–H and O–H groups in total. The van der Waals surface area contributed by atoms with Gasteiger partial charge in [-0.1, -0.05) is 11.6 Å². The molecule has 0 atom stereocenters. The second-order valence-corrected chi connectivity index (χ2v) is 6.69. The third-order valence-electron chi connectivity index (χ3n) is 3.02. The summed E-state index contributed by atoms with van der Waals surface area (Å²) >= 11 is 13.5. The number of methoxy groups -OCH3 is 2. The summed E-state index contributed by atoms with van der Waals surface area (Å²) in [7, 11) is 3.03. The molecular formula is C16H14ClIN2O3S. The largest absolute Gasteiger partial charge is 0.497 e.